The number of hydrogen-bond acceptors (Lipinski definition) is 3. The first-order valence-corrected chi connectivity index (χ1v) is 8.40. The van der Waals surface area contributed by atoms with Gasteiger partial charge in [0.15, 0.2) is 0 Å². The van der Waals surface area contributed by atoms with E-state index in [1.54, 1.807) is 4.31 Å². The third kappa shape index (κ3) is 3.44. The minimum absolute atomic E-state index is 0.111. The molecule has 0 aromatic carbocycles. The van der Waals surface area contributed by atoms with E-state index in [1.165, 1.54) is 0 Å². The molecule has 0 aliphatic carbocycles. The fraction of sp³-hybridized carbons (Fsp3) is 1.00. The molecule has 5 nitrogen and oxygen atoms in total. The summed E-state index contributed by atoms with van der Waals surface area (Å²) < 4.78 is 29.2. The van der Waals surface area contributed by atoms with Crippen molar-refractivity contribution in [3.05, 3.63) is 0 Å². The zero-order chi connectivity index (χ0) is 13.2. The summed E-state index contributed by atoms with van der Waals surface area (Å²) in [6.45, 7) is 4.63. The van der Waals surface area contributed by atoms with Crippen molar-refractivity contribution in [1.82, 2.24) is 13.9 Å². The largest absolute Gasteiger partial charge is 0.306 e. The minimum atomic E-state index is -3.28. The van der Waals surface area contributed by atoms with Crippen LogP contribution in [0.25, 0.3) is 0 Å². The Kier molecular flexibility index (Phi) is 4.64. The van der Waals surface area contributed by atoms with Crippen molar-refractivity contribution < 1.29 is 8.42 Å². The predicted octanol–water partition coefficient (Wildman–Crippen LogP) is 0.789. The van der Waals surface area contributed by atoms with Gasteiger partial charge in [0, 0.05) is 18.6 Å². The molecule has 1 unspecified atom stereocenters. The Hall–Kier alpha value is -0.170. The van der Waals surface area contributed by atoms with E-state index in [4.69, 9.17) is 0 Å². The molecule has 0 aromatic heterocycles. The fourth-order valence-corrected chi connectivity index (χ4v) is 4.57. The lowest BCUT2D eigenvalue weighted by molar-refractivity contribution is 0.236. The lowest BCUT2D eigenvalue weighted by Gasteiger charge is -2.35. The third-order valence-electron chi connectivity index (χ3n) is 4.08. The summed E-state index contributed by atoms with van der Waals surface area (Å²) in [5, 5.41) is 0. The van der Waals surface area contributed by atoms with Crippen LogP contribution in [0.2, 0.25) is 0 Å². The summed E-state index contributed by atoms with van der Waals surface area (Å²) >= 11 is 0. The van der Waals surface area contributed by atoms with E-state index in [2.05, 4.69) is 16.7 Å². The number of likely N-dealkylation sites (tertiary alicyclic amines) is 1. The van der Waals surface area contributed by atoms with Crippen LogP contribution in [0, 0.1) is 0 Å². The molecule has 0 radical (unpaired) electrons. The van der Waals surface area contributed by atoms with Crippen LogP contribution >= 0.6 is 0 Å². The molecule has 18 heavy (non-hydrogen) atoms. The molecular weight excluding hydrogens is 250 g/mol. The van der Waals surface area contributed by atoms with E-state index in [0.717, 1.165) is 45.2 Å². The van der Waals surface area contributed by atoms with Gasteiger partial charge in [0.25, 0.3) is 10.2 Å². The van der Waals surface area contributed by atoms with Gasteiger partial charge in [0.1, 0.15) is 0 Å². The Morgan fingerprint density at radius 3 is 2.33 bits per heavy atom. The van der Waals surface area contributed by atoms with Gasteiger partial charge < -0.3 is 4.90 Å². The molecule has 0 saturated carbocycles. The molecule has 106 valence electrons. The molecule has 2 fully saturated rings. The topological polar surface area (TPSA) is 52.7 Å². The van der Waals surface area contributed by atoms with Gasteiger partial charge in [-0.15, -0.1) is 0 Å². The molecule has 1 atom stereocenters. The first-order valence-electron chi connectivity index (χ1n) is 6.96. The zero-order valence-corrected chi connectivity index (χ0v) is 12.2. The van der Waals surface area contributed by atoms with E-state index >= 15 is 0 Å². The second-order valence-corrected chi connectivity index (χ2v) is 7.31. The summed E-state index contributed by atoms with van der Waals surface area (Å²) in [6, 6.07) is 0.253. The van der Waals surface area contributed by atoms with E-state index in [0.29, 0.717) is 6.54 Å². The summed E-state index contributed by atoms with van der Waals surface area (Å²) in [4.78, 5) is 2.24. The summed E-state index contributed by atoms with van der Waals surface area (Å²) in [5.41, 5.74) is 0. The van der Waals surface area contributed by atoms with Gasteiger partial charge in [-0.3, -0.25) is 0 Å². The van der Waals surface area contributed by atoms with Crippen molar-refractivity contribution >= 4 is 10.2 Å². The Bertz CT molecular complexity index is 364. The zero-order valence-electron chi connectivity index (χ0n) is 11.4. The Morgan fingerprint density at radius 2 is 1.72 bits per heavy atom. The van der Waals surface area contributed by atoms with Crippen LogP contribution in [0.3, 0.4) is 0 Å². The SMILES string of the molecule is CC1CCCCN1S(=O)(=O)NC1CCN(C)CC1. The van der Waals surface area contributed by atoms with Crippen LogP contribution < -0.4 is 4.72 Å². The van der Waals surface area contributed by atoms with E-state index < -0.39 is 10.2 Å². The highest BCUT2D eigenvalue weighted by molar-refractivity contribution is 7.87. The number of nitrogens with zero attached hydrogens (tertiary/aromatic N) is 2. The highest BCUT2D eigenvalue weighted by Gasteiger charge is 2.31. The fourth-order valence-electron chi connectivity index (χ4n) is 2.83. The molecule has 1 N–H and O–H groups in total. The van der Waals surface area contributed by atoms with Crippen molar-refractivity contribution in [2.24, 2.45) is 0 Å². The van der Waals surface area contributed by atoms with Crippen molar-refractivity contribution in [3.8, 4) is 0 Å². The molecule has 2 heterocycles. The Morgan fingerprint density at radius 1 is 1.06 bits per heavy atom. The van der Waals surface area contributed by atoms with Gasteiger partial charge in [-0.25, -0.2) is 0 Å². The van der Waals surface area contributed by atoms with E-state index in [1.807, 2.05) is 6.92 Å². The standard InChI is InChI=1S/C12H25N3O2S/c1-11-5-3-4-8-15(11)18(16,17)13-12-6-9-14(2)10-7-12/h11-13H,3-10H2,1-2H3. The molecule has 2 aliphatic rings. The number of nitrogens with one attached hydrogen (secondary N) is 1. The summed E-state index contributed by atoms with van der Waals surface area (Å²) in [6.07, 6.45) is 4.93. The molecule has 0 aromatic rings. The van der Waals surface area contributed by atoms with Crippen LogP contribution in [-0.2, 0) is 10.2 Å². The van der Waals surface area contributed by atoms with Crippen LogP contribution in [0.5, 0.6) is 0 Å². The van der Waals surface area contributed by atoms with Crippen molar-refractivity contribution in [2.45, 2.75) is 51.1 Å². The second kappa shape index (κ2) is 5.86. The van der Waals surface area contributed by atoms with Gasteiger partial charge in [-0.1, -0.05) is 6.42 Å². The monoisotopic (exact) mass is 275 g/mol. The first kappa shape index (κ1) is 14.2. The maximum absolute atomic E-state index is 12.3. The van der Waals surface area contributed by atoms with Gasteiger partial charge >= 0.3 is 0 Å². The first-order chi connectivity index (χ1) is 8.49. The van der Waals surface area contributed by atoms with Gasteiger partial charge in [-0.2, -0.15) is 17.4 Å². The quantitative estimate of drug-likeness (QED) is 0.828. The highest BCUT2D eigenvalue weighted by atomic mass is 32.2. The second-order valence-electron chi connectivity index (χ2n) is 5.66. The molecular formula is C12H25N3O2S. The van der Waals surface area contributed by atoms with Crippen LogP contribution in [0.15, 0.2) is 0 Å². The lowest BCUT2D eigenvalue weighted by atomic mass is 10.1. The van der Waals surface area contributed by atoms with Gasteiger partial charge in [0.2, 0.25) is 0 Å². The van der Waals surface area contributed by atoms with Crippen molar-refractivity contribution in [1.29, 1.82) is 0 Å². The highest BCUT2D eigenvalue weighted by Crippen LogP contribution is 2.20. The van der Waals surface area contributed by atoms with Crippen LogP contribution in [0.4, 0.5) is 0 Å². The maximum Gasteiger partial charge on any atom is 0.279 e. The molecule has 6 heteroatoms. The number of piperidine rings is 2. The van der Waals surface area contributed by atoms with Crippen LogP contribution in [-0.4, -0.2) is 56.4 Å². The molecule has 0 spiro atoms. The normalized spacial score (nSPS) is 29.6. The van der Waals surface area contributed by atoms with Crippen molar-refractivity contribution in [3.63, 3.8) is 0 Å². The lowest BCUT2D eigenvalue weighted by Crippen LogP contribution is -2.52. The minimum Gasteiger partial charge on any atom is -0.306 e. The maximum atomic E-state index is 12.3. The third-order valence-corrected chi connectivity index (χ3v) is 5.88. The van der Waals surface area contributed by atoms with Crippen LogP contribution in [0.1, 0.15) is 39.0 Å². The van der Waals surface area contributed by atoms with Gasteiger partial charge in [-0.05, 0) is 52.7 Å². The molecule has 0 amide bonds. The Balaban J connectivity index is 1.94. The molecule has 0 bridgehead atoms. The summed E-state index contributed by atoms with van der Waals surface area (Å²) in [5.74, 6) is 0. The Labute approximate surface area is 111 Å². The average Bonchev–Trinajstić information content (AvgIpc) is 2.32. The molecule has 2 saturated heterocycles. The predicted molar refractivity (Wildman–Crippen MR) is 72.6 cm³/mol. The number of hydrogen-bond donors (Lipinski definition) is 1. The smallest absolute Gasteiger partial charge is 0.279 e. The molecule has 2 rings (SSSR count). The average molecular weight is 275 g/mol. The van der Waals surface area contributed by atoms with E-state index in [-0.39, 0.29) is 12.1 Å². The van der Waals surface area contributed by atoms with E-state index in [9.17, 15) is 8.42 Å². The van der Waals surface area contributed by atoms with Crippen molar-refractivity contribution in [2.75, 3.05) is 26.7 Å². The van der Waals surface area contributed by atoms with Gasteiger partial charge in [0.05, 0.1) is 0 Å². The summed E-state index contributed by atoms with van der Waals surface area (Å²) in [7, 11) is -1.20. The number of rotatable bonds is 3. The molecule has 2 aliphatic heterocycles.